The molecule has 22 heavy (non-hydrogen) atoms. The van der Waals surface area contributed by atoms with E-state index in [1.165, 1.54) is 5.69 Å². The summed E-state index contributed by atoms with van der Waals surface area (Å²) in [7, 11) is 1.65. The van der Waals surface area contributed by atoms with Gasteiger partial charge in [0.15, 0.2) is 0 Å². The van der Waals surface area contributed by atoms with E-state index in [2.05, 4.69) is 27.8 Å². The van der Waals surface area contributed by atoms with Crippen LogP contribution in [0.25, 0.3) is 5.65 Å². The molecule has 0 radical (unpaired) electrons. The molecule has 0 fully saturated rings. The summed E-state index contributed by atoms with van der Waals surface area (Å²) < 4.78 is 7.48. The number of nitrogens with one attached hydrogen (secondary N) is 1. The van der Waals surface area contributed by atoms with Gasteiger partial charge in [-0.1, -0.05) is 24.6 Å². The van der Waals surface area contributed by atoms with Crippen LogP contribution in [0.3, 0.4) is 0 Å². The predicted molar refractivity (Wildman–Crippen MR) is 89.9 cm³/mol. The van der Waals surface area contributed by atoms with Crippen molar-refractivity contribution in [2.75, 3.05) is 12.4 Å². The third-order valence-corrected chi connectivity index (χ3v) is 3.91. The lowest BCUT2D eigenvalue weighted by Crippen LogP contribution is -2.03. The van der Waals surface area contributed by atoms with Crippen LogP contribution in [0.2, 0.25) is 5.02 Å². The molecule has 0 aliphatic rings. The van der Waals surface area contributed by atoms with Crippen LogP contribution in [-0.2, 0) is 13.0 Å². The van der Waals surface area contributed by atoms with Crippen LogP contribution >= 0.6 is 11.6 Å². The van der Waals surface area contributed by atoms with Crippen molar-refractivity contribution in [2.24, 2.45) is 0 Å². The maximum absolute atomic E-state index is 5.99. The number of ether oxygens (including phenoxy) is 1. The van der Waals surface area contributed by atoms with Crippen molar-refractivity contribution in [3.63, 3.8) is 0 Å². The molecule has 2 aromatic heterocycles. The van der Waals surface area contributed by atoms with Crippen LogP contribution in [0, 0.1) is 0 Å². The van der Waals surface area contributed by atoms with Crippen molar-refractivity contribution in [1.29, 1.82) is 0 Å². The molecule has 0 saturated heterocycles. The number of nitrogens with zero attached hydrogens (tertiary/aromatic N) is 2. The lowest BCUT2D eigenvalue weighted by molar-refractivity contribution is 0.410. The first-order valence-electron chi connectivity index (χ1n) is 7.23. The molecule has 0 aliphatic carbocycles. The highest BCUT2D eigenvalue weighted by molar-refractivity contribution is 6.30. The number of aryl methyl sites for hydroxylation is 1. The van der Waals surface area contributed by atoms with Gasteiger partial charge in [0.1, 0.15) is 11.4 Å². The van der Waals surface area contributed by atoms with Gasteiger partial charge in [-0.3, -0.25) is 0 Å². The van der Waals surface area contributed by atoms with Gasteiger partial charge in [0.05, 0.1) is 12.8 Å². The Morgan fingerprint density at radius 3 is 2.91 bits per heavy atom. The van der Waals surface area contributed by atoms with Gasteiger partial charge in [-0.2, -0.15) is 0 Å². The van der Waals surface area contributed by atoms with Gasteiger partial charge in [0.25, 0.3) is 0 Å². The van der Waals surface area contributed by atoms with E-state index in [1.807, 2.05) is 36.5 Å². The lowest BCUT2D eigenvalue weighted by Gasteiger charge is -2.11. The van der Waals surface area contributed by atoms with Crippen molar-refractivity contribution < 1.29 is 4.74 Å². The number of hydrogen-bond acceptors (Lipinski definition) is 3. The van der Waals surface area contributed by atoms with Crippen LogP contribution < -0.4 is 10.1 Å². The van der Waals surface area contributed by atoms with Gasteiger partial charge >= 0.3 is 0 Å². The van der Waals surface area contributed by atoms with Crippen LogP contribution in [-0.4, -0.2) is 16.5 Å². The van der Waals surface area contributed by atoms with Crippen LogP contribution in [0.5, 0.6) is 5.75 Å². The highest BCUT2D eigenvalue weighted by Gasteiger charge is 2.05. The largest absolute Gasteiger partial charge is 0.496 e. The maximum Gasteiger partial charge on any atom is 0.137 e. The van der Waals surface area contributed by atoms with Gasteiger partial charge < -0.3 is 14.5 Å². The second-order valence-electron chi connectivity index (χ2n) is 5.06. The molecule has 0 atom stereocenters. The van der Waals surface area contributed by atoms with E-state index < -0.39 is 0 Å². The number of fused-ring (bicyclic) bond motifs is 1. The second-order valence-corrected chi connectivity index (χ2v) is 5.50. The number of anilines is 1. The molecule has 5 heteroatoms. The average Bonchev–Trinajstić information content (AvgIpc) is 2.95. The first-order chi connectivity index (χ1) is 10.7. The first-order valence-corrected chi connectivity index (χ1v) is 7.61. The fourth-order valence-electron chi connectivity index (χ4n) is 2.46. The summed E-state index contributed by atoms with van der Waals surface area (Å²) in [4.78, 5) is 4.39. The summed E-state index contributed by atoms with van der Waals surface area (Å²) in [6.45, 7) is 2.80. The van der Waals surface area contributed by atoms with E-state index in [0.717, 1.165) is 29.1 Å². The van der Waals surface area contributed by atoms with Gasteiger partial charge in [-0.15, -0.1) is 0 Å². The Morgan fingerprint density at radius 1 is 1.27 bits per heavy atom. The highest BCUT2D eigenvalue weighted by Crippen LogP contribution is 2.24. The number of benzene rings is 1. The third kappa shape index (κ3) is 2.88. The van der Waals surface area contributed by atoms with E-state index in [-0.39, 0.29) is 0 Å². The van der Waals surface area contributed by atoms with E-state index in [0.29, 0.717) is 11.6 Å². The van der Waals surface area contributed by atoms with Crippen molar-refractivity contribution in [3.8, 4) is 5.75 Å². The number of pyridine rings is 1. The summed E-state index contributed by atoms with van der Waals surface area (Å²) in [5.41, 5.74) is 4.26. The fourth-order valence-corrected chi connectivity index (χ4v) is 2.62. The lowest BCUT2D eigenvalue weighted by atomic mass is 10.2. The standard InChI is InChI=1S/C17H18ClN3O/c1-3-15-10-20-17-7-6-14(11-21(15)17)19-9-12-4-5-13(18)8-16(12)22-2/h4-8,10-11,19H,3,9H2,1-2H3. The van der Waals surface area contributed by atoms with Gasteiger partial charge in [-0.05, 0) is 30.7 Å². The van der Waals surface area contributed by atoms with Gasteiger partial charge in [0, 0.05) is 35.2 Å². The number of rotatable bonds is 5. The van der Waals surface area contributed by atoms with Crippen molar-refractivity contribution in [2.45, 2.75) is 19.9 Å². The van der Waals surface area contributed by atoms with E-state index >= 15 is 0 Å². The minimum absolute atomic E-state index is 0.669. The molecular formula is C17H18ClN3O. The molecule has 1 N–H and O–H groups in total. The number of hydrogen-bond donors (Lipinski definition) is 1. The summed E-state index contributed by atoms with van der Waals surface area (Å²) in [6, 6.07) is 9.72. The molecule has 0 unspecified atom stereocenters. The van der Waals surface area contributed by atoms with Crippen molar-refractivity contribution in [3.05, 3.63) is 59.0 Å². The Kier molecular flexibility index (Phi) is 4.20. The Bertz CT molecular complexity index is 798. The molecule has 1 aromatic carbocycles. The topological polar surface area (TPSA) is 38.6 Å². The molecular weight excluding hydrogens is 298 g/mol. The van der Waals surface area contributed by atoms with E-state index in [1.54, 1.807) is 7.11 Å². The normalized spacial score (nSPS) is 10.9. The fraction of sp³-hybridized carbons (Fsp3) is 0.235. The molecule has 0 bridgehead atoms. The predicted octanol–water partition coefficient (Wildman–Crippen LogP) is 4.17. The van der Waals surface area contributed by atoms with Crippen LogP contribution in [0.15, 0.2) is 42.7 Å². The quantitative estimate of drug-likeness (QED) is 0.768. The summed E-state index contributed by atoms with van der Waals surface area (Å²) in [5.74, 6) is 0.790. The first kappa shape index (κ1) is 14.7. The molecule has 4 nitrogen and oxygen atoms in total. The van der Waals surface area contributed by atoms with Crippen LogP contribution in [0.1, 0.15) is 18.2 Å². The smallest absolute Gasteiger partial charge is 0.137 e. The molecule has 3 rings (SSSR count). The van der Waals surface area contributed by atoms with Crippen molar-refractivity contribution >= 4 is 22.9 Å². The number of halogens is 1. The minimum Gasteiger partial charge on any atom is -0.496 e. The Balaban J connectivity index is 1.81. The molecule has 0 aliphatic heterocycles. The number of methoxy groups -OCH3 is 1. The third-order valence-electron chi connectivity index (χ3n) is 3.68. The molecule has 0 spiro atoms. The van der Waals surface area contributed by atoms with Gasteiger partial charge in [0.2, 0.25) is 0 Å². The molecule has 114 valence electrons. The zero-order valence-corrected chi connectivity index (χ0v) is 13.4. The minimum atomic E-state index is 0.669. The van der Waals surface area contributed by atoms with Crippen LogP contribution in [0.4, 0.5) is 5.69 Å². The molecule has 3 aromatic rings. The molecule has 2 heterocycles. The number of aromatic nitrogens is 2. The number of imidazole rings is 1. The summed E-state index contributed by atoms with van der Waals surface area (Å²) in [5, 5.41) is 4.09. The van der Waals surface area contributed by atoms with E-state index in [4.69, 9.17) is 16.3 Å². The SMILES string of the molecule is CCc1cnc2ccc(NCc3ccc(Cl)cc3OC)cn12. The maximum atomic E-state index is 5.99. The average molecular weight is 316 g/mol. The summed E-state index contributed by atoms with van der Waals surface area (Å²) in [6.07, 6.45) is 4.94. The van der Waals surface area contributed by atoms with E-state index in [9.17, 15) is 0 Å². The van der Waals surface area contributed by atoms with Gasteiger partial charge in [-0.25, -0.2) is 4.98 Å². The molecule has 0 amide bonds. The monoisotopic (exact) mass is 315 g/mol. The second kappa shape index (κ2) is 6.28. The van der Waals surface area contributed by atoms with Crippen molar-refractivity contribution in [1.82, 2.24) is 9.38 Å². The zero-order valence-electron chi connectivity index (χ0n) is 12.6. The Morgan fingerprint density at radius 2 is 2.14 bits per heavy atom. The zero-order chi connectivity index (χ0) is 15.5. The Labute approximate surface area is 134 Å². The Hall–Kier alpha value is -2.20. The highest BCUT2D eigenvalue weighted by atomic mass is 35.5. The summed E-state index contributed by atoms with van der Waals surface area (Å²) >= 11 is 5.99. The molecule has 0 saturated carbocycles.